The number of nitrogens with one attached hydrogen (secondary N) is 1. The molecule has 0 saturated carbocycles. The van der Waals surface area contributed by atoms with Crippen LogP contribution in [0.5, 0.6) is 0 Å². The Morgan fingerprint density at radius 1 is 0.952 bits per heavy atom. The zero-order chi connectivity index (χ0) is 14.4. The maximum atomic E-state index is 11.9. The number of aliphatic carboxylic acids is 1. The van der Waals surface area contributed by atoms with Crippen molar-refractivity contribution in [2.75, 3.05) is 0 Å². The van der Waals surface area contributed by atoms with E-state index in [1.807, 2.05) is 30.3 Å². The summed E-state index contributed by atoms with van der Waals surface area (Å²) < 4.78 is 0. The number of carbonyl (C=O) groups excluding carboxylic acids is 2. The third-order valence-electron chi connectivity index (χ3n) is 2.91. The number of hydrogen-bond donors (Lipinski definition) is 1. The molecule has 5 heteroatoms. The van der Waals surface area contributed by atoms with Gasteiger partial charge in [-0.1, -0.05) is 48.5 Å². The second-order valence-corrected chi connectivity index (χ2v) is 4.40. The van der Waals surface area contributed by atoms with Crippen LogP contribution in [0.25, 0.3) is 0 Å². The Kier molecular flexibility index (Phi) is 7.15. The third kappa shape index (κ3) is 5.34. The van der Waals surface area contributed by atoms with Crippen LogP contribution in [-0.4, -0.2) is 17.9 Å². The fraction of sp³-hybridized carbons (Fsp3) is 0.125. The molecule has 0 unspecified atom stereocenters. The molecule has 102 valence electrons. The Bertz CT molecular complexity index is 587. The summed E-state index contributed by atoms with van der Waals surface area (Å²) in [6.45, 7) is 0. The van der Waals surface area contributed by atoms with Crippen LogP contribution in [0.2, 0.25) is 0 Å². The Morgan fingerprint density at radius 3 is 2.00 bits per heavy atom. The van der Waals surface area contributed by atoms with Crippen molar-refractivity contribution >= 4 is 11.9 Å². The average molecular weight is 291 g/mol. The molecular formula is C16H14NNaO3. The first kappa shape index (κ1) is 17.4. The first-order valence-corrected chi connectivity index (χ1v) is 6.27. The van der Waals surface area contributed by atoms with E-state index in [4.69, 9.17) is 0 Å². The van der Waals surface area contributed by atoms with E-state index in [9.17, 15) is 14.7 Å². The summed E-state index contributed by atoms with van der Waals surface area (Å²) in [6.07, 6.45) is 0.196. The summed E-state index contributed by atoms with van der Waals surface area (Å²) in [6, 6.07) is 16.5. The van der Waals surface area contributed by atoms with Crippen molar-refractivity contribution in [2.45, 2.75) is 12.5 Å². The monoisotopic (exact) mass is 291 g/mol. The molecule has 2 aromatic rings. The molecule has 2 aromatic carbocycles. The van der Waals surface area contributed by atoms with E-state index in [2.05, 4.69) is 5.32 Å². The molecule has 0 aliphatic rings. The van der Waals surface area contributed by atoms with E-state index in [1.54, 1.807) is 30.3 Å². The summed E-state index contributed by atoms with van der Waals surface area (Å²) in [4.78, 5) is 23.1. The molecule has 0 aromatic heterocycles. The van der Waals surface area contributed by atoms with Crippen LogP contribution in [-0.2, 0) is 11.2 Å². The maximum absolute atomic E-state index is 11.9. The van der Waals surface area contributed by atoms with Gasteiger partial charge in [-0.2, -0.15) is 0 Å². The minimum absolute atomic E-state index is 0. The van der Waals surface area contributed by atoms with Crippen LogP contribution in [0, 0.1) is 0 Å². The molecule has 0 spiro atoms. The van der Waals surface area contributed by atoms with E-state index in [0.29, 0.717) is 5.56 Å². The molecule has 1 N–H and O–H groups in total. The van der Waals surface area contributed by atoms with E-state index < -0.39 is 17.9 Å². The fourth-order valence-electron chi connectivity index (χ4n) is 1.87. The predicted octanol–water partition coefficient (Wildman–Crippen LogP) is -2.22. The number of carboxylic acids is 1. The first-order valence-electron chi connectivity index (χ1n) is 6.27. The molecule has 0 aliphatic heterocycles. The number of carboxylic acid groups (broad SMARTS) is 1. The Labute approximate surface area is 145 Å². The molecule has 0 heterocycles. The topological polar surface area (TPSA) is 69.2 Å². The SMILES string of the molecule is O=C(N[C@@H](Cc1ccccc1)C(=O)[O-])c1ccccc1.[Na+]. The largest absolute Gasteiger partial charge is 1.00 e. The molecule has 1 amide bonds. The van der Waals surface area contributed by atoms with Gasteiger partial charge >= 0.3 is 29.6 Å². The van der Waals surface area contributed by atoms with Gasteiger partial charge in [-0.05, 0) is 24.1 Å². The van der Waals surface area contributed by atoms with Gasteiger partial charge in [-0.25, -0.2) is 0 Å². The summed E-state index contributed by atoms with van der Waals surface area (Å²) in [7, 11) is 0. The quantitative estimate of drug-likeness (QED) is 0.635. The van der Waals surface area contributed by atoms with Crippen LogP contribution < -0.4 is 40.0 Å². The molecule has 0 aliphatic carbocycles. The molecule has 0 fully saturated rings. The second kappa shape index (κ2) is 8.62. The summed E-state index contributed by atoms with van der Waals surface area (Å²) in [5, 5.41) is 13.6. The molecule has 0 bridgehead atoms. The van der Waals surface area contributed by atoms with Crippen LogP contribution in [0.3, 0.4) is 0 Å². The molecule has 1 atom stereocenters. The predicted molar refractivity (Wildman–Crippen MR) is 72.8 cm³/mol. The summed E-state index contributed by atoms with van der Waals surface area (Å²) in [5.41, 5.74) is 1.25. The summed E-state index contributed by atoms with van der Waals surface area (Å²) in [5.74, 6) is -1.71. The van der Waals surface area contributed by atoms with Crippen molar-refractivity contribution in [3.63, 3.8) is 0 Å². The molecule has 0 saturated heterocycles. The summed E-state index contributed by atoms with van der Waals surface area (Å²) >= 11 is 0. The minimum Gasteiger partial charge on any atom is -0.548 e. The van der Waals surface area contributed by atoms with Crippen LogP contribution in [0.15, 0.2) is 60.7 Å². The van der Waals surface area contributed by atoms with E-state index in [0.717, 1.165) is 5.56 Å². The average Bonchev–Trinajstić information content (AvgIpc) is 2.48. The molecule has 4 nitrogen and oxygen atoms in total. The Hall–Kier alpha value is -1.62. The first-order chi connectivity index (χ1) is 9.66. The smallest absolute Gasteiger partial charge is 0.548 e. The standard InChI is InChI=1S/C16H15NO3.Na/c18-15(13-9-5-2-6-10-13)17-14(16(19)20)11-12-7-3-1-4-8-12;/h1-10,14H,11H2,(H,17,18)(H,19,20);/q;+1/p-1/t14-;/m0./s1. The number of hydrogen-bond acceptors (Lipinski definition) is 3. The Balaban J connectivity index is 0.00000220. The fourth-order valence-corrected chi connectivity index (χ4v) is 1.87. The van der Waals surface area contributed by atoms with Crippen molar-refractivity contribution in [1.82, 2.24) is 5.32 Å². The van der Waals surface area contributed by atoms with Gasteiger partial charge in [0.05, 0.1) is 12.0 Å². The van der Waals surface area contributed by atoms with Gasteiger partial charge < -0.3 is 15.2 Å². The Morgan fingerprint density at radius 2 is 1.48 bits per heavy atom. The van der Waals surface area contributed by atoms with Gasteiger partial charge in [-0.15, -0.1) is 0 Å². The normalized spacial score (nSPS) is 11.0. The zero-order valence-corrected chi connectivity index (χ0v) is 13.8. The van der Waals surface area contributed by atoms with Crippen LogP contribution in [0.4, 0.5) is 0 Å². The number of benzene rings is 2. The van der Waals surface area contributed by atoms with Crippen molar-refractivity contribution in [3.8, 4) is 0 Å². The molecule has 0 radical (unpaired) electrons. The number of carbonyl (C=O) groups is 2. The number of amides is 1. The molecule has 2 rings (SSSR count). The molecular weight excluding hydrogens is 277 g/mol. The van der Waals surface area contributed by atoms with E-state index in [1.165, 1.54) is 0 Å². The minimum atomic E-state index is -1.29. The van der Waals surface area contributed by atoms with Crippen molar-refractivity contribution in [1.29, 1.82) is 0 Å². The number of rotatable bonds is 5. The third-order valence-corrected chi connectivity index (χ3v) is 2.91. The molecule has 21 heavy (non-hydrogen) atoms. The van der Waals surface area contributed by atoms with Gasteiger partial charge in [0.15, 0.2) is 0 Å². The van der Waals surface area contributed by atoms with Gasteiger partial charge in [0.2, 0.25) is 0 Å². The van der Waals surface area contributed by atoms with Gasteiger partial charge in [0.25, 0.3) is 5.91 Å². The van der Waals surface area contributed by atoms with Gasteiger partial charge in [-0.3, -0.25) is 4.79 Å². The zero-order valence-electron chi connectivity index (χ0n) is 11.8. The van der Waals surface area contributed by atoms with Gasteiger partial charge in [0.1, 0.15) is 0 Å². The van der Waals surface area contributed by atoms with Crippen molar-refractivity contribution in [3.05, 3.63) is 71.8 Å². The van der Waals surface area contributed by atoms with Crippen LogP contribution in [0.1, 0.15) is 15.9 Å². The van der Waals surface area contributed by atoms with Crippen molar-refractivity contribution in [2.24, 2.45) is 0 Å². The maximum Gasteiger partial charge on any atom is 1.00 e. The van der Waals surface area contributed by atoms with Gasteiger partial charge in [0, 0.05) is 5.56 Å². The van der Waals surface area contributed by atoms with Crippen LogP contribution >= 0.6 is 0 Å². The second-order valence-electron chi connectivity index (χ2n) is 4.40. The van der Waals surface area contributed by atoms with E-state index >= 15 is 0 Å². The van der Waals surface area contributed by atoms with Crippen molar-refractivity contribution < 1.29 is 44.3 Å². The van der Waals surface area contributed by atoms with E-state index in [-0.39, 0.29) is 36.0 Å².